The summed E-state index contributed by atoms with van der Waals surface area (Å²) in [5.74, 6) is 1.88. The largest absolute Gasteiger partial charge is 0.493 e. The van der Waals surface area contributed by atoms with E-state index in [9.17, 15) is 4.79 Å². The molecule has 0 aliphatic heterocycles. The molecule has 1 amide bonds. The topological polar surface area (TPSA) is 85.4 Å². The summed E-state index contributed by atoms with van der Waals surface area (Å²) in [5, 5.41) is 7.25. The van der Waals surface area contributed by atoms with Crippen LogP contribution in [0.3, 0.4) is 0 Å². The molecule has 1 saturated carbocycles. The molecule has 4 rings (SSSR count). The van der Waals surface area contributed by atoms with Crippen LogP contribution in [-0.2, 0) is 4.79 Å². The molecule has 32 heavy (non-hydrogen) atoms. The molecule has 0 bridgehead atoms. The van der Waals surface area contributed by atoms with Gasteiger partial charge in [0, 0.05) is 29.3 Å². The predicted octanol–water partition coefficient (Wildman–Crippen LogP) is 4.85. The van der Waals surface area contributed by atoms with Gasteiger partial charge in [0.25, 0.3) is 0 Å². The smallest absolute Gasteiger partial charge is 0.244 e. The van der Waals surface area contributed by atoms with Gasteiger partial charge < -0.3 is 20.1 Å². The van der Waals surface area contributed by atoms with Crippen LogP contribution < -0.4 is 20.1 Å². The van der Waals surface area contributed by atoms with Crippen molar-refractivity contribution < 1.29 is 14.3 Å². The van der Waals surface area contributed by atoms with Crippen molar-refractivity contribution in [2.24, 2.45) is 0 Å². The fraction of sp³-hybridized carbons (Fsp3) is 0.320. The molecule has 2 N–H and O–H groups in total. The Morgan fingerprint density at radius 1 is 1.00 bits per heavy atom. The Labute approximate surface area is 187 Å². The van der Waals surface area contributed by atoms with Crippen LogP contribution >= 0.6 is 0 Å². The van der Waals surface area contributed by atoms with Gasteiger partial charge in [-0.2, -0.15) is 0 Å². The molecule has 1 heterocycles. The van der Waals surface area contributed by atoms with E-state index in [1.807, 2.05) is 42.5 Å². The second-order valence-electron chi connectivity index (χ2n) is 7.87. The van der Waals surface area contributed by atoms with Gasteiger partial charge >= 0.3 is 0 Å². The maximum Gasteiger partial charge on any atom is 0.244 e. The lowest BCUT2D eigenvalue weighted by Crippen LogP contribution is -2.34. The minimum Gasteiger partial charge on any atom is -0.493 e. The van der Waals surface area contributed by atoms with E-state index in [2.05, 4.69) is 20.6 Å². The molecule has 0 saturated heterocycles. The summed E-state index contributed by atoms with van der Waals surface area (Å²) in [6.45, 7) is 0. The van der Waals surface area contributed by atoms with Crippen LogP contribution in [0.25, 0.3) is 17.0 Å². The van der Waals surface area contributed by atoms with E-state index >= 15 is 0 Å². The molecule has 0 atom stereocenters. The first-order valence-electron chi connectivity index (χ1n) is 10.9. The minimum atomic E-state index is -0.0315. The molecule has 1 aromatic heterocycles. The van der Waals surface area contributed by atoms with Crippen LogP contribution in [-0.4, -0.2) is 36.1 Å². The van der Waals surface area contributed by atoms with Crippen LogP contribution in [0.4, 0.5) is 11.5 Å². The van der Waals surface area contributed by atoms with E-state index in [1.165, 1.54) is 25.6 Å². The van der Waals surface area contributed by atoms with Gasteiger partial charge in [-0.25, -0.2) is 9.97 Å². The van der Waals surface area contributed by atoms with Gasteiger partial charge in [-0.3, -0.25) is 4.79 Å². The van der Waals surface area contributed by atoms with Crippen LogP contribution in [0, 0.1) is 0 Å². The number of methoxy groups -OCH3 is 2. The van der Waals surface area contributed by atoms with Crippen molar-refractivity contribution >= 4 is 34.4 Å². The Bertz CT molecular complexity index is 1110. The third kappa shape index (κ3) is 5.17. The number of anilines is 2. The average molecular weight is 433 g/mol. The molecule has 1 fully saturated rings. The highest BCUT2D eigenvalue weighted by atomic mass is 16.5. The van der Waals surface area contributed by atoms with E-state index < -0.39 is 0 Å². The quantitative estimate of drug-likeness (QED) is 0.519. The number of nitrogens with zero attached hydrogens (tertiary/aromatic N) is 2. The van der Waals surface area contributed by atoms with Crippen molar-refractivity contribution in [1.29, 1.82) is 0 Å². The number of hydrogen-bond acceptors (Lipinski definition) is 6. The summed E-state index contributed by atoms with van der Waals surface area (Å²) in [6, 6.07) is 11.8. The maximum absolute atomic E-state index is 12.2. The number of nitrogens with one attached hydrogen (secondary N) is 2. The van der Waals surface area contributed by atoms with Gasteiger partial charge in [-0.1, -0.05) is 31.4 Å². The van der Waals surface area contributed by atoms with Crippen molar-refractivity contribution in [3.63, 3.8) is 0 Å². The Morgan fingerprint density at radius 3 is 2.44 bits per heavy atom. The van der Waals surface area contributed by atoms with Crippen LogP contribution in [0.1, 0.15) is 37.7 Å². The van der Waals surface area contributed by atoms with Crippen molar-refractivity contribution in [3.8, 4) is 11.5 Å². The van der Waals surface area contributed by atoms with Crippen molar-refractivity contribution in [2.75, 3.05) is 19.5 Å². The third-order valence-electron chi connectivity index (χ3n) is 5.69. The summed E-state index contributed by atoms with van der Waals surface area (Å²) >= 11 is 0. The Kier molecular flexibility index (Phi) is 6.84. The van der Waals surface area contributed by atoms with Gasteiger partial charge in [0.1, 0.15) is 12.1 Å². The van der Waals surface area contributed by atoms with E-state index in [4.69, 9.17) is 9.47 Å². The second kappa shape index (κ2) is 10.1. The highest BCUT2D eigenvalue weighted by Crippen LogP contribution is 2.34. The molecular formula is C25H28N4O3. The molecule has 3 aromatic rings. The molecule has 166 valence electrons. The molecule has 2 aromatic carbocycles. The molecule has 1 aliphatic carbocycles. The number of aromatic nitrogens is 2. The zero-order chi connectivity index (χ0) is 22.3. The highest BCUT2D eigenvalue weighted by molar-refractivity contribution is 5.93. The molecule has 7 heteroatoms. The van der Waals surface area contributed by atoms with E-state index in [0.717, 1.165) is 35.0 Å². The summed E-state index contributed by atoms with van der Waals surface area (Å²) in [5.41, 5.74) is 2.58. The zero-order valence-electron chi connectivity index (χ0n) is 18.4. The van der Waals surface area contributed by atoms with Gasteiger partial charge in [-0.15, -0.1) is 0 Å². The average Bonchev–Trinajstić information content (AvgIpc) is 2.83. The SMILES string of the molecule is COc1cc2ncnc(Nc3ccc(/C=C/C(=O)NC4CCCCC4)cc3)c2cc1OC. The predicted molar refractivity (Wildman–Crippen MR) is 126 cm³/mol. The lowest BCUT2D eigenvalue weighted by atomic mass is 9.95. The number of amides is 1. The standard InChI is InChI=1S/C25H28N4O3/c1-31-22-14-20-21(15-23(22)32-2)26-16-27-25(20)29-19-11-8-17(9-12-19)10-13-24(30)28-18-6-4-3-5-7-18/h8-16,18H,3-7H2,1-2H3,(H,28,30)(H,26,27,29)/b13-10+. The van der Waals surface area contributed by atoms with E-state index in [0.29, 0.717) is 23.4 Å². The monoisotopic (exact) mass is 432 g/mol. The number of hydrogen-bond donors (Lipinski definition) is 2. The van der Waals surface area contributed by atoms with Crippen LogP contribution in [0.2, 0.25) is 0 Å². The molecule has 7 nitrogen and oxygen atoms in total. The van der Waals surface area contributed by atoms with Gasteiger partial charge in [-0.05, 0) is 42.7 Å². The van der Waals surface area contributed by atoms with Gasteiger partial charge in [0.05, 0.1) is 19.7 Å². The third-order valence-corrected chi connectivity index (χ3v) is 5.69. The maximum atomic E-state index is 12.2. The number of carbonyl (C=O) groups is 1. The fourth-order valence-corrected chi connectivity index (χ4v) is 3.97. The normalized spacial score (nSPS) is 14.4. The Morgan fingerprint density at radius 2 is 1.72 bits per heavy atom. The fourth-order valence-electron chi connectivity index (χ4n) is 3.97. The number of rotatable bonds is 7. The summed E-state index contributed by atoms with van der Waals surface area (Å²) in [7, 11) is 3.20. The molecule has 0 unspecified atom stereocenters. The van der Waals surface area contributed by atoms with Gasteiger partial charge in [0.15, 0.2) is 11.5 Å². The highest BCUT2D eigenvalue weighted by Gasteiger charge is 2.14. The van der Waals surface area contributed by atoms with Crippen LogP contribution in [0.5, 0.6) is 11.5 Å². The van der Waals surface area contributed by atoms with E-state index in [1.54, 1.807) is 20.3 Å². The molecular weight excluding hydrogens is 404 g/mol. The van der Waals surface area contributed by atoms with Gasteiger partial charge in [0.2, 0.25) is 5.91 Å². The molecule has 0 spiro atoms. The Hall–Kier alpha value is -3.61. The van der Waals surface area contributed by atoms with Crippen molar-refractivity contribution in [3.05, 3.63) is 54.4 Å². The molecule has 1 aliphatic rings. The lowest BCUT2D eigenvalue weighted by molar-refractivity contribution is -0.117. The van der Waals surface area contributed by atoms with E-state index in [-0.39, 0.29) is 5.91 Å². The lowest BCUT2D eigenvalue weighted by Gasteiger charge is -2.21. The first-order valence-corrected chi connectivity index (χ1v) is 10.9. The van der Waals surface area contributed by atoms with Crippen molar-refractivity contribution in [1.82, 2.24) is 15.3 Å². The number of fused-ring (bicyclic) bond motifs is 1. The second-order valence-corrected chi connectivity index (χ2v) is 7.87. The first kappa shape index (κ1) is 21.6. The van der Waals surface area contributed by atoms with Crippen LogP contribution in [0.15, 0.2) is 48.8 Å². The molecule has 0 radical (unpaired) electrons. The summed E-state index contributed by atoms with van der Waals surface area (Å²) < 4.78 is 10.8. The number of benzene rings is 2. The zero-order valence-corrected chi connectivity index (χ0v) is 18.4. The first-order chi connectivity index (χ1) is 15.7. The Balaban J connectivity index is 1.44. The summed E-state index contributed by atoms with van der Waals surface area (Å²) in [6.07, 6.45) is 10.8. The van der Waals surface area contributed by atoms with Crippen molar-refractivity contribution in [2.45, 2.75) is 38.1 Å². The summed E-state index contributed by atoms with van der Waals surface area (Å²) in [4.78, 5) is 20.9. The number of ether oxygens (including phenoxy) is 2. The minimum absolute atomic E-state index is 0.0315. The number of carbonyl (C=O) groups excluding carboxylic acids is 1.